The van der Waals surface area contributed by atoms with Crippen LogP contribution in [0.5, 0.6) is 0 Å². The second kappa shape index (κ2) is 6.40. The summed E-state index contributed by atoms with van der Waals surface area (Å²) in [7, 11) is 0. The number of hydrogen-bond acceptors (Lipinski definition) is 2. The molecule has 4 heteroatoms. The van der Waals surface area contributed by atoms with Crippen molar-refractivity contribution in [2.45, 2.75) is 0 Å². The van der Waals surface area contributed by atoms with E-state index in [1.165, 1.54) is 0 Å². The highest BCUT2D eigenvalue weighted by Crippen LogP contribution is 1.96. The molecular weight excluding hydrogens is 204 g/mol. The maximum atomic E-state index is 11.5. The Kier molecular flexibility index (Phi) is 4.79. The fourth-order valence-corrected chi connectivity index (χ4v) is 1.10. The van der Waals surface area contributed by atoms with E-state index in [0.29, 0.717) is 12.1 Å². The normalized spacial score (nSPS) is 9.25. The second-order valence-electron chi connectivity index (χ2n) is 3.14. The zero-order valence-electron chi connectivity index (χ0n) is 8.90. The van der Waals surface area contributed by atoms with Crippen molar-refractivity contribution in [3.8, 4) is 0 Å². The van der Waals surface area contributed by atoms with Crippen LogP contribution in [0.3, 0.4) is 0 Å². The predicted molar refractivity (Wildman–Crippen MR) is 62.0 cm³/mol. The van der Waals surface area contributed by atoms with Crippen LogP contribution in [0.2, 0.25) is 0 Å². The molecule has 4 nitrogen and oxygen atoms in total. The van der Waals surface area contributed by atoms with Crippen LogP contribution < -0.4 is 10.6 Å². The number of benzene rings is 1. The van der Waals surface area contributed by atoms with Crippen molar-refractivity contribution in [3.05, 3.63) is 48.6 Å². The first kappa shape index (κ1) is 12.0. The van der Waals surface area contributed by atoms with Gasteiger partial charge in [0, 0.05) is 12.1 Å². The minimum Gasteiger partial charge on any atom is -0.351 e. The number of carbonyl (C=O) groups is 2. The van der Waals surface area contributed by atoms with Crippen molar-refractivity contribution >= 4 is 11.8 Å². The lowest BCUT2D eigenvalue weighted by Gasteiger charge is -2.05. The van der Waals surface area contributed by atoms with Gasteiger partial charge in [0.15, 0.2) is 0 Å². The van der Waals surface area contributed by atoms with Gasteiger partial charge in [-0.05, 0) is 12.1 Å². The highest BCUT2D eigenvalue weighted by Gasteiger charge is 2.05. The molecule has 2 amide bonds. The summed E-state index contributed by atoms with van der Waals surface area (Å²) >= 11 is 0. The summed E-state index contributed by atoms with van der Waals surface area (Å²) in [6.45, 7) is 3.85. The van der Waals surface area contributed by atoms with Gasteiger partial charge in [0.1, 0.15) is 0 Å². The van der Waals surface area contributed by atoms with Gasteiger partial charge in [0.25, 0.3) is 5.91 Å². The van der Waals surface area contributed by atoms with Gasteiger partial charge in [-0.25, -0.2) is 0 Å². The Morgan fingerprint density at radius 1 is 1.19 bits per heavy atom. The predicted octanol–water partition coefficient (Wildman–Crippen LogP) is 0.719. The second-order valence-corrected chi connectivity index (χ2v) is 3.14. The topological polar surface area (TPSA) is 58.2 Å². The smallest absolute Gasteiger partial charge is 0.251 e. The summed E-state index contributed by atoms with van der Waals surface area (Å²) in [4.78, 5) is 22.7. The lowest BCUT2D eigenvalue weighted by atomic mass is 10.2. The Morgan fingerprint density at radius 2 is 1.88 bits per heavy atom. The van der Waals surface area contributed by atoms with Crippen molar-refractivity contribution in [3.63, 3.8) is 0 Å². The van der Waals surface area contributed by atoms with Crippen LogP contribution in [-0.4, -0.2) is 24.9 Å². The Morgan fingerprint density at radius 3 is 2.50 bits per heavy atom. The molecular formula is C12H14N2O2. The lowest BCUT2D eigenvalue weighted by molar-refractivity contribution is -0.119. The standard InChI is InChI=1S/C12H14N2O2/c1-2-8-13-11(15)9-14-12(16)10-6-4-3-5-7-10/h2-7H,1,8-9H2,(H,13,15)(H,14,16). The third-order valence-electron chi connectivity index (χ3n) is 1.89. The Balaban J connectivity index is 2.36. The highest BCUT2D eigenvalue weighted by atomic mass is 16.2. The third-order valence-corrected chi connectivity index (χ3v) is 1.89. The van der Waals surface area contributed by atoms with Crippen molar-refractivity contribution < 1.29 is 9.59 Å². The number of hydrogen-bond donors (Lipinski definition) is 2. The lowest BCUT2D eigenvalue weighted by Crippen LogP contribution is -2.36. The Labute approximate surface area is 94.4 Å². The van der Waals surface area contributed by atoms with Gasteiger partial charge in [-0.2, -0.15) is 0 Å². The largest absolute Gasteiger partial charge is 0.351 e. The zero-order chi connectivity index (χ0) is 11.8. The van der Waals surface area contributed by atoms with Gasteiger partial charge >= 0.3 is 0 Å². The molecule has 0 unspecified atom stereocenters. The summed E-state index contributed by atoms with van der Waals surface area (Å²) in [6.07, 6.45) is 1.58. The minimum atomic E-state index is -0.255. The van der Waals surface area contributed by atoms with Gasteiger partial charge in [-0.3, -0.25) is 9.59 Å². The molecule has 1 rings (SSSR count). The number of amides is 2. The van der Waals surface area contributed by atoms with Gasteiger partial charge in [-0.15, -0.1) is 6.58 Å². The quantitative estimate of drug-likeness (QED) is 0.715. The number of carbonyl (C=O) groups excluding carboxylic acids is 2. The van der Waals surface area contributed by atoms with Gasteiger partial charge in [0.05, 0.1) is 6.54 Å². The fraction of sp³-hybridized carbons (Fsp3) is 0.167. The molecule has 1 aromatic rings. The van der Waals surface area contributed by atoms with E-state index in [2.05, 4.69) is 17.2 Å². The van der Waals surface area contributed by atoms with Crippen LogP contribution in [-0.2, 0) is 4.79 Å². The van der Waals surface area contributed by atoms with Gasteiger partial charge in [-0.1, -0.05) is 24.3 Å². The van der Waals surface area contributed by atoms with Gasteiger partial charge < -0.3 is 10.6 Å². The van der Waals surface area contributed by atoms with Crippen LogP contribution in [0.15, 0.2) is 43.0 Å². The first-order valence-corrected chi connectivity index (χ1v) is 4.95. The average Bonchev–Trinajstić information content (AvgIpc) is 2.34. The van der Waals surface area contributed by atoms with E-state index in [4.69, 9.17) is 0 Å². The molecule has 84 valence electrons. The Bertz CT molecular complexity index is 374. The SMILES string of the molecule is C=CCNC(=O)CNC(=O)c1ccccc1. The Hall–Kier alpha value is -2.10. The molecule has 0 atom stereocenters. The molecule has 16 heavy (non-hydrogen) atoms. The van der Waals surface area contributed by atoms with E-state index >= 15 is 0 Å². The summed E-state index contributed by atoms with van der Waals surface area (Å²) in [5.41, 5.74) is 0.541. The van der Waals surface area contributed by atoms with Crippen molar-refractivity contribution in [2.24, 2.45) is 0 Å². The fourth-order valence-electron chi connectivity index (χ4n) is 1.10. The molecule has 0 heterocycles. The molecule has 0 spiro atoms. The molecule has 2 N–H and O–H groups in total. The molecule has 0 aliphatic heterocycles. The molecule has 0 aromatic heterocycles. The van der Waals surface area contributed by atoms with Crippen LogP contribution in [0.4, 0.5) is 0 Å². The molecule has 0 aliphatic carbocycles. The van der Waals surface area contributed by atoms with Crippen LogP contribution in [0.1, 0.15) is 10.4 Å². The molecule has 0 radical (unpaired) electrons. The van der Waals surface area contributed by atoms with E-state index in [1.807, 2.05) is 6.07 Å². The summed E-state index contributed by atoms with van der Waals surface area (Å²) in [6, 6.07) is 8.75. The van der Waals surface area contributed by atoms with Crippen molar-refractivity contribution in [1.82, 2.24) is 10.6 Å². The van der Waals surface area contributed by atoms with Crippen molar-refractivity contribution in [2.75, 3.05) is 13.1 Å². The van der Waals surface area contributed by atoms with Crippen LogP contribution in [0.25, 0.3) is 0 Å². The highest BCUT2D eigenvalue weighted by molar-refractivity contribution is 5.96. The molecule has 0 fully saturated rings. The molecule has 0 saturated carbocycles. The van der Waals surface area contributed by atoms with E-state index in [9.17, 15) is 9.59 Å². The summed E-state index contributed by atoms with van der Waals surface area (Å²) in [5.74, 6) is -0.487. The molecule has 0 bridgehead atoms. The first-order valence-electron chi connectivity index (χ1n) is 4.95. The maximum absolute atomic E-state index is 11.5. The first-order chi connectivity index (χ1) is 7.74. The summed E-state index contributed by atoms with van der Waals surface area (Å²) < 4.78 is 0. The number of rotatable bonds is 5. The van der Waals surface area contributed by atoms with Gasteiger partial charge in [0.2, 0.25) is 5.91 Å². The van der Waals surface area contributed by atoms with Crippen LogP contribution in [0, 0.1) is 0 Å². The zero-order valence-corrected chi connectivity index (χ0v) is 8.90. The number of nitrogens with one attached hydrogen (secondary N) is 2. The summed E-state index contributed by atoms with van der Waals surface area (Å²) in [5, 5.41) is 5.09. The van der Waals surface area contributed by atoms with E-state index < -0.39 is 0 Å². The molecule has 0 aliphatic rings. The van der Waals surface area contributed by atoms with Crippen LogP contribution >= 0.6 is 0 Å². The monoisotopic (exact) mass is 218 g/mol. The molecule has 1 aromatic carbocycles. The van der Waals surface area contributed by atoms with Crippen molar-refractivity contribution in [1.29, 1.82) is 0 Å². The average molecular weight is 218 g/mol. The van der Waals surface area contributed by atoms with E-state index in [-0.39, 0.29) is 18.4 Å². The maximum Gasteiger partial charge on any atom is 0.251 e. The van der Waals surface area contributed by atoms with E-state index in [1.54, 1.807) is 30.3 Å². The minimum absolute atomic E-state index is 0.0262. The molecule has 0 saturated heterocycles. The van der Waals surface area contributed by atoms with E-state index in [0.717, 1.165) is 0 Å². The third kappa shape index (κ3) is 3.96.